The largest absolute Gasteiger partial charge is 0.434 e. The number of hydrogen-bond acceptors (Lipinski definition) is 3. The van der Waals surface area contributed by atoms with Crippen LogP contribution in [0.3, 0.4) is 0 Å². The summed E-state index contributed by atoms with van der Waals surface area (Å²) in [4.78, 5) is 3.53. The summed E-state index contributed by atoms with van der Waals surface area (Å²) < 4.78 is 50.0. The number of rotatable bonds is 3. The summed E-state index contributed by atoms with van der Waals surface area (Å²) in [6, 6.07) is 6.23. The smallest absolute Gasteiger partial charge is 0.358 e. The van der Waals surface area contributed by atoms with Gasteiger partial charge in [-0.1, -0.05) is 12.1 Å². The zero-order chi connectivity index (χ0) is 14.3. The third-order valence-corrected chi connectivity index (χ3v) is 3.97. The summed E-state index contributed by atoms with van der Waals surface area (Å²) in [6.45, 7) is 0. The Morgan fingerprint density at radius 2 is 1.90 bits per heavy atom. The lowest BCUT2D eigenvalue weighted by Gasteiger charge is -2.03. The second kappa shape index (κ2) is 4.73. The molecule has 2 atom stereocenters. The molecule has 0 bridgehead atoms. The second-order valence-electron chi connectivity index (χ2n) is 4.68. The fraction of sp³-hybridized carbons (Fsp3) is 0.308. The summed E-state index contributed by atoms with van der Waals surface area (Å²) in [5.41, 5.74) is 0.112. The number of thiazole rings is 1. The average Bonchev–Trinajstić information content (AvgIpc) is 2.95. The molecule has 2 nitrogen and oxygen atoms in total. The number of nitrogens with zero attached hydrogens (tertiary/aromatic N) is 1. The monoisotopic (exact) mass is 302 g/mol. The number of alkyl halides is 3. The van der Waals surface area contributed by atoms with Gasteiger partial charge in [-0.25, -0.2) is 9.37 Å². The van der Waals surface area contributed by atoms with Crippen molar-refractivity contribution >= 4 is 16.5 Å². The third kappa shape index (κ3) is 2.77. The van der Waals surface area contributed by atoms with Gasteiger partial charge in [-0.2, -0.15) is 13.2 Å². The molecule has 1 aromatic carbocycles. The van der Waals surface area contributed by atoms with Gasteiger partial charge in [0, 0.05) is 17.3 Å². The van der Waals surface area contributed by atoms with Crippen LogP contribution in [0.4, 0.5) is 22.7 Å². The highest BCUT2D eigenvalue weighted by atomic mass is 32.1. The third-order valence-electron chi connectivity index (χ3n) is 3.19. The molecule has 1 aliphatic carbocycles. The molecule has 0 radical (unpaired) electrons. The maximum atomic E-state index is 12.8. The molecule has 0 spiro atoms. The van der Waals surface area contributed by atoms with Crippen LogP contribution in [0, 0.1) is 5.82 Å². The van der Waals surface area contributed by atoms with Crippen LogP contribution >= 0.6 is 11.3 Å². The summed E-state index contributed by atoms with van der Waals surface area (Å²) >= 11 is 0.942. The summed E-state index contributed by atoms with van der Waals surface area (Å²) in [5.74, 6) is -0.0949. The zero-order valence-corrected chi connectivity index (χ0v) is 10.9. The van der Waals surface area contributed by atoms with Gasteiger partial charge in [0.2, 0.25) is 0 Å². The van der Waals surface area contributed by atoms with Crippen LogP contribution < -0.4 is 5.32 Å². The Morgan fingerprint density at radius 3 is 2.50 bits per heavy atom. The number of anilines is 1. The molecule has 1 aromatic heterocycles. The molecule has 0 amide bonds. The van der Waals surface area contributed by atoms with E-state index in [0.717, 1.165) is 28.7 Å². The zero-order valence-electron chi connectivity index (χ0n) is 10.1. The van der Waals surface area contributed by atoms with E-state index >= 15 is 0 Å². The Hall–Kier alpha value is -1.63. The standard InChI is InChI=1S/C13H10F4N2S/c14-8-3-1-7(2-4-8)9-5-10(9)18-12-19-11(6-20-12)13(15,16)17/h1-4,6,9-10H,5H2,(H,18,19)/t9-,10+/m0/s1. The minimum absolute atomic E-state index is 0.0627. The van der Waals surface area contributed by atoms with E-state index < -0.39 is 11.9 Å². The van der Waals surface area contributed by atoms with E-state index in [-0.39, 0.29) is 22.9 Å². The van der Waals surface area contributed by atoms with Gasteiger partial charge in [-0.3, -0.25) is 0 Å². The molecule has 20 heavy (non-hydrogen) atoms. The predicted octanol–water partition coefficient (Wildman–Crippen LogP) is 4.27. The minimum atomic E-state index is -4.41. The molecule has 0 saturated heterocycles. The Morgan fingerprint density at radius 1 is 1.20 bits per heavy atom. The summed E-state index contributed by atoms with van der Waals surface area (Å²) in [5, 5.41) is 4.25. The molecule has 1 saturated carbocycles. The molecule has 3 rings (SSSR count). The number of nitrogens with one attached hydrogen (secondary N) is 1. The molecule has 0 unspecified atom stereocenters. The maximum Gasteiger partial charge on any atom is 0.434 e. The summed E-state index contributed by atoms with van der Waals surface area (Å²) in [7, 11) is 0. The van der Waals surface area contributed by atoms with Gasteiger partial charge in [0.25, 0.3) is 0 Å². The number of aromatic nitrogens is 1. The van der Waals surface area contributed by atoms with Gasteiger partial charge < -0.3 is 5.32 Å². The molecule has 106 valence electrons. The molecule has 1 heterocycles. The molecule has 1 fully saturated rings. The highest BCUT2D eigenvalue weighted by Gasteiger charge is 2.40. The summed E-state index contributed by atoms with van der Waals surface area (Å²) in [6.07, 6.45) is -3.59. The number of hydrogen-bond donors (Lipinski definition) is 1. The molecule has 2 aromatic rings. The van der Waals surface area contributed by atoms with Gasteiger partial charge in [-0.15, -0.1) is 11.3 Å². The van der Waals surface area contributed by atoms with E-state index in [9.17, 15) is 17.6 Å². The first kappa shape index (κ1) is 13.4. The first-order valence-electron chi connectivity index (χ1n) is 5.98. The van der Waals surface area contributed by atoms with Gasteiger partial charge in [0.15, 0.2) is 10.8 Å². The molecular weight excluding hydrogens is 292 g/mol. The van der Waals surface area contributed by atoms with Gasteiger partial charge >= 0.3 is 6.18 Å². The van der Waals surface area contributed by atoms with Crippen LogP contribution in [0.5, 0.6) is 0 Å². The Kier molecular flexibility index (Phi) is 3.16. The van der Waals surface area contributed by atoms with Crippen molar-refractivity contribution in [3.63, 3.8) is 0 Å². The first-order valence-corrected chi connectivity index (χ1v) is 6.86. The van der Waals surface area contributed by atoms with Gasteiger partial charge in [-0.05, 0) is 24.1 Å². The van der Waals surface area contributed by atoms with Crippen molar-refractivity contribution < 1.29 is 17.6 Å². The topological polar surface area (TPSA) is 24.9 Å². The molecular formula is C13H10F4N2S. The predicted molar refractivity (Wildman–Crippen MR) is 68.3 cm³/mol. The molecule has 1 aliphatic rings. The molecule has 1 N–H and O–H groups in total. The molecule has 7 heteroatoms. The first-order chi connectivity index (χ1) is 9.43. The number of benzene rings is 1. The number of halogens is 4. The van der Waals surface area contributed by atoms with Crippen molar-refractivity contribution in [1.29, 1.82) is 0 Å². The normalized spacial score (nSPS) is 21.8. The van der Waals surface area contributed by atoms with Crippen molar-refractivity contribution in [2.75, 3.05) is 5.32 Å². The van der Waals surface area contributed by atoms with Crippen molar-refractivity contribution in [2.24, 2.45) is 0 Å². The Labute approximate surface area is 116 Å². The lowest BCUT2D eigenvalue weighted by atomic mass is 10.1. The van der Waals surface area contributed by atoms with E-state index in [0.29, 0.717) is 0 Å². The van der Waals surface area contributed by atoms with Crippen molar-refractivity contribution in [2.45, 2.75) is 24.6 Å². The fourth-order valence-electron chi connectivity index (χ4n) is 2.06. The van der Waals surface area contributed by atoms with E-state index in [1.807, 2.05) is 0 Å². The highest BCUT2D eigenvalue weighted by molar-refractivity contribution is 7.13. The van der Waals surface area contributed by atoms with Crippen molar-refractivity contribution in [3.8, 4) is 0 Å². The highest BCUT2D eigenvalue weighted by Crippen LogP contribution is 2.43. The Balaban J connectivity index is 1.63. The molecule has 0 aliphatic heterocycles. The quantitative estimate of drug-likeness (QED) is 0.857. The van der Waals surface area contributed by atoms with E-state index in [1.54, 1.807) is 12.1 Å². The van der Waals surface area contributed by atoms with Crippen LogP contribution in [0.1, 0.15) is 23.6 Å². The van der Waals surface area contributed by atoms with Crippen LogP contribution in [-0.4, -0.2) is 11.0 Å². The maximum absolute atomic E-state index is 12.8. The second-order valence-corrected chi connectivity index (χ2v) is 5.54. The van der Waals surface area contributed by atoms with E-state index in [1.165, 1.54) is 12.1 Å². The van der Waals surface area contributed by atoms with Crippen LogP contribution in [0.25, 0.3) is 0 Å². The SMILES string of the molecule is Fc1ccc([C@@H]2C[C@H]2Nc2nc(C(F)(F)F)cs2)cc1. The Bertz CT molecular complexity index is 606. The minimum Gasteiger partial charge on any atom is -0.358 e. The van der Waals surface area contributed by atoms with Crippen LogP contribution in [0.2, 0.25) is 0 Å². The average molecular weight is 302 g/mol. The van der Waals surface area contributed by atoms with Crippen LogP contribution in [0.15, 0.2) is 29.6 Å². The van der Waals surface area contributed by atoms with Gasteiger partial charge in [0.1, 0.15) is 5.82 Å². The van der Waals surface area contributed by atoms with E-state index in [2.05, 4.69) is 10.3 Å². The van der Waals surface area contributed by atoms with E-state index in [4.69, 9.17) is 0 Å². The van der Waals surface area contributed by atoms with Crippen molar-refractivity contribution in [3.05, 3.63) is 46.7 Å². The lowest BCUT2D eigenvalue weighted by Crippen LogP contribution is -2.07. The fourth-order valence-corrected chi connectivity index (χ4v) is 2.84. The van der Waals surface area contributed by atoms with Crippen molar-refractivity contribution in [1.82, 2.24) is 4.98 Å². The van der Waals surface area contributed by atoms with Crippen LogP contribution in [-0.2, 0) is 6.18 Å². The van der Waals surface area contributed by atoms with Gasteiger partial charge in [0.05, 0.1) is 0 Å². The lowest BCUT2D eigenvalue weighted by molar-refractivity contribution is -0.140.